The highest BCUT2D eigenvalue weighted by Gasteiger charge is 2.52. The molecule has 3 N–H and O–H groups in total. The van der Waals surface area contributed by atoms with Gasteiger partial charge in [0.05, 0.1) is 27.5 Å². The first-order valence-corrected chi connectivity index (χ1v) is 15.0. The molecule has 0 radical (unpaired) electrons. The summed E-state index contributed by atoms with van der Waals surface area (Å²) in [6.45, 7) is 5.88. The number of carbonyl (C=O) groups is 2. The Morgan fingerprint density at radius 3 is 2.55 bits per heavy atom. The highest BCUT2D eigenvalue weighted by Crippen LogP contribution is 2.47. The number of aliphatic carboxylic acids is 1. The van der Waals surface area contributed by atoms with Gasteiger partial charge < -0.3 is 20.1 Å². The van der Waals surface area contributed by atoms with Crippen LogP contribution in [0.3, 0.4) is 0 Å². The number of nitrogens with zero attached hydrogens (tertiary/aromatic N) is 3. The lowest BCUT2D eigenvalue weighted by molar-refractivity contribution is -0.159. The number of amides is 1. The number of hydrogen-bond acceptors (Lipinski definition) is 6. The van der Waals surface area contributed by atoms with Crippen molar-refractivity contribution in [1.82, 2.24) is 9.55 Å². The number of unbranched alkanes of at least 4 members (excludes halogenated alkanes) is 1. The summed E-state index contributed by atoms with van der Waals surface area (Å²) in [6, 6.07) is 4.67. The molecule has 0 aliphatic heterocycles. The molecule has 1 saturated carbocycles. The summed E-state index contributed by atoms with van der Waals surface area (Å²) in [7, 11) is 0. The van der Waals surface area contributed by atoms with Gasteiger partial charge in [-0.05, 0) is 69.3 Å². The number of fused-ring (bicyclic) bond motifs is 1. The molecule has 1 amide bonds. The first-order chi connectivity index (χ1) is 19.8. The van der Waals surface area contributed by atoms with Crippen LogP contribution in [-0.4, -0.2) is 38.7 Å². The van der Waals surface area contributed by atoms with E-state index < -0.39 is 46.1 Å². The first kappa shape index (κ1) is 31.7. The van der Waals surface area contributed by atoms with Gasteiger partial charge in [0.1, 0.15) is 17.3 Å². The third-order valence-electron chi connectivity index (χ3n) is 8.13. The van der Waals surface area contributed by atoms with Crippen molar-refractivity contribution in [1.29, 1.82) is 0 Å². The van der Waals surface area contributed by atoms with Gasteiger partial charge in [-0.15, -0.1) is 0 Å². The van der Waals surface area contributed by atoms with Crippen molar-refractivity contribution in [3.05, 3.63) is 52.6 Å². The number of alkyl halides is 3. The van der Waals surface area contributed by atoms with Crippen molar-refractivity contribution >= 4 is 33.4 Å². The van der Waals surface area contributed by atoms with E-state index in [0.717, 1.165) is 60.5 Å². The number of thiazole rings is 1. The van der Waals surface area contributed by atoms with Crippen LogP contribution in [0.1, 0.15) is 81.6 Å². The second-order valence-electron chi connectivity index (χ2n) is 11.5. The Balaban J connectivity index is 1.77. The lowest BCUT2D eigenvalue weighted by atomic mass is 9.61. The minimum Gasteiger partial charge on any atom is -0.487 e. The van der Waals surface area contributed by atoms with Gasteiger partial charge in [-0.1, -0.05) is 43.9 Å². The second kappa shape index (κ2) is 12.5. The fraction of sp³-hybridized carbons (Fsp3) is 0.533. The summed E-state index contributed by atoms with van der Waals surface area (Å²) in [4.78, 5) is 34.6. The van der Waals surface area contributed by atoms with Crippen LogP contribution in [0.2, 0.25) is 0 Å². The van der Waals surface area contributed by atoms with Crippen LogP contribution in [0.5, 0.6) is 5.75 Å². The monoisotopic (exact) mass is 606 g/mol. The number of hydrogen-bond donors (Lipinski definition) is 2. The number of pyridine rings is 1. The Morgan fingerprint density at radius 1 is 1.21 bits per heavy atom. The molecule has 0 saturated heterocycles. The molecule has 12 heteroatoms. The molecule has 1 aliphatic rings. The minimum absolute atomic E-state index is 0.0554. The molecule has 0 bridgehead atoms. The fourth-order valence-corrected chi connectivity index (χ4v) is 7.24. The molecule has 42 heavy (non-hydrogen) atoms. The van der Waals surface area contributed by atoms with Gasteiger partial charge in [-0.2, -0.15) is 18.2 Å². The predicted molar refractivity (Wildman–Crippen MR) is 154 cm³/mol. The molecule has 2 aromatic heterocycles. The van der Waals surface area contributed by atoms with E-state index in [4.69, 9.17) is 10.5 Å². The van der Waals surface area contributed by atoms with E-state index in [1.807, 2.05) is 6.92 Å². The van der Waals surface area contributed by atoms with E-state index >= 15 is 0 Å². The number of carboxylic acids is 1. The third-order valence-corrected chi connectivity index (χ3v) is 9.19. The van der Waals surface area contributed by atoms with Crippen molar-refractivity contribution < 1.29 is 32.6 Å². The van der Waals surface area contributed by atoms with Gasteiger partial charge in [-0.25, -0.2) is 0 Å². The van der Waals surface area contributed by atoms with Crippen LogP contribution < -0.4 is 15.3 Å². The molecule has 4 rings (SSSR count). The van der Waals surface area contributed by atoms with Crippen LogP contribution in [-0.2, 0) is 17.5 Å². The third kappa shape index (κ3) is 6.54. The van der Waals surface area contributed by atoms with Crippen molar-refractivity contribution in [3.63, 3.8) is 0 Å². The molecular weight excluding hydrogens is 569 g/mol. The van der Waals surface area contributed by atoms with Gasteiger partial charge in [0.15, 0.2) is 4.80 Å². The molecule has 8 nitrogen and oxygen atoms in total. The Morgan fingerprint density at radius 2 is 1.93 bits per heavy atom. The number of rotatable bonds is 10. The lowest BCUT2D eigenvalue weighted by Crippen LogP contribution is -2.55. The number of ether oxygens (including phenoxy) is 1. The lowest BCUT2D eigenvalue weighted by Gasteiger charge is -2.47. The number of benzene rings is 1. The van der Waals surface area contributed by atoms with Crippen molar-refractivity contribution in [2.45, 2.75) is 84.0 Å². The summed E-state index contributed by atoms with van der Waals surface area (Å²) >= 11 is 1.20. The maximum Gasteiger partial charge on any atom is 0.417 e. The summed E-state index contributed by atoms with van der Waals surface area (Å²) in [5.41, 5.74) is 3.00. The summed E-state index contributed by atoms with van der Waals surface area (Å²) in [5.74, 6) is -3.23. The van der Waals surface area contributed by atoms with E-state index in [1.54, 1.807) is 36.9 Å². The van der Waals surface area contributed by atoms with Crippen LogP contribution >= 0.6 is 11.3 Å². The Labute approximate surface area is 246 Å². The SMILES string of the molecule is CCCCn1/c(=N/C(=O)c2cc(OC(C)(C)[C@@H](C(=O)O)C3(CN)CCCCC3)ccc2C(F)(F)F)sc2ccncc21. The van der Waals surface area contributed by atoms with Crippen LogP contribution in [0.15, 0.2) is 41.7 Å². The zero-order chi connectivity index (χ0) is 30.7. The van der Waals surface area contributed by atoms with Gasteiger partial charge >= 0.3 is 12.1 Å². The van der Waals surface area contributed by atoms with Crippen LogP contribution in [0.25, 0.3) is 10.2 Å². The molecule has 1 aliphatic carbocycles. The molecule has 1 fully saturated rings. The second-order valence-corrected chi connectivity index (χ2v) is 12.5. The Hall–Kier alpha value is -3.25. The van der Waals surface area contributed by atoms with Crippen molar-refractivity contribution in [3.8, 4) is 5.75 Å². The van der Waals surface area contributed by atoms with Gasteiger partial charge in [0.25, 0.3) is 5.91 Å². The number of nitrogens with two attached hydrogens (primary N) is 1. The maximum atomic E-state index is 14.1. The molecule has 2 heterocycles. The van der Waals surface area contributed by atoms with E-state index in [-0.39, 0.29) is 17.1 Å². The summed E-state index contributed by atoms with van der Waals surface area (Å²) in [5, 5.41) is 10.3. The standard InChI is InChI=1S/C30H37F3N4O4S/c1-4-5-15-37-22-17-35-14-11-23(22)42-27(37)36-25(38)20-16-19(9-10-21(20)30(31,32)33)41-28(2,3)24(26(39)40)29(18-34)12-7-6-8-13-29/h9-11,14,16-17,24H,4-8,12-13,15,18,34H2,1-3H3,(H,39,40)/b36-27-/t24-/m1/s1. The van der Waals surface area contributed by atoms with E-state index in [1.165, 1.54) is 11.3 Å². The quantitative estimate of drug-likeness (QED) is 0.275. The zero-order valence-electron chi connectivity index (χ0n) is 24.0. The average molecular weight is 607 g/mol. The number of aryl methyl sites for hydroxylation is 1. The molecule has 0 unspecified atom stereocenters. The highest BCUT2D eigenvalue weighted by molar-refractivity contribution is 7.16. The van der Waals surface area contributed by atoms with Gasteiger partial charge in [-0.3, -0.25) is 14.6 Å². The Kier molecular flexibility index (Phi) is 9.46. The number of carboxylic acid groups (broad SMARTS) is 1. The summed E-state index contributed by atoms with van der Waals surface area (Å²) < 4.78 is 50.9. The molecule has 3 aromatic rings. The van der Waals surface area contributed by atoms with E-state index in [2.05, 4.69) is 9.98 Å². The Bertz CT molecular complexity index is 1510. The summed E-state index contributed by atoms with van der Waals surface area (Å²) in [6.07, 6.45) is 3.96. The molecular formula is C30H37F3N4O4S. The van der Waals surface area contributed by atoms with Crippen molar-refractivity contribution in [2.75, 3.05) is 6.54 Å². The normalized spacial score (nSPS) is 16.9. The molecule has 0 spiro atoms. The van der Waals surface area contributed by atoms with E-state index in [0.29, 0.717) is 19.4 Å². The fourth-order valence-electron chi connectivity index (χ4n) is 6.22. The topological polar surface area (TPSA) is 120 Å². The van der Waals surface area contributed by atoms with Crippen molar-refractivity contribution in [2.24, 2.45) is 22.1 Å². The number of halogens is 3. The first-order valence-electron chi connectivity index (χ1n) is 14.2. The van der Waals surface area contributed by atoms with Gasteiger partial charge in [0.2, 0.25) is 0 Å². The number of aromatic nitrogens is 2. The number of carbonyl (C=O) groups excluding carboxylic acids is 1. The average Bonchev–Trinajstić information content (AvgIpc) is 3.27. The zero-order valence-corrected chi connectivity index (χ0v) is 24.9. The molecule has 1 atom stereocenters. The van der Waals surface area contributed by atoms with Gasteiger partial charge in [0, 0.05) is 12.7 Å². The van der Waals surface area contributed by atoms with Crippen LogP contribution in [0.4, 0.5) is 13.2 Å². The van der Waals surface area contributed by atoms with E-state index in [9.17, 15) is 27.9 Å². The largest absolute Gasteiger partial charge is 0.487 e. The minimum atomic E-state index is -4.83. The maximum absolute atomic E-state index is 14.1. The smallest absolute Gasteiger partial charge is 0.417 e. The molecule has 1 aromatic carbocycles. The van der Waals surface area contributed by atoms with Crippen LogP contribution in [0, 0.1) is 11.3 Å². The highest BCUT2D eigenvalue weighted by atomic mass is 32.1. The predicted octanol–water partition coefficient (Wildman–Crippen LogP) is 6.43. The molecule has 228 valence electrons.